The highest BCUT2D eigenvalue weighted by molar-refractivity contribution is 6.30. The quantitative estimate of drug-likeness (QED) is 0.683. The van der Waals surface area contributed by atoms with E-state index in [2.05, 4.69) is 38.1 Å². The molecule has 1 radical (unpaired) electrons. The molecular weight excluding hydrogens is 228 g/mol. The van der Waals surface area contributed by atoms with Crippen molar-refractivity contribution in [3.63, 3.8) is 0 Å². The van der Waals surface area contributed by atoms with Crippen LogP contribution in [-0.4, -0.2) is 0 Å². The zero-order chi connectivity index (χ0) is 12.3. The van der Waals surface area contributed by atoms with Crippen molar-refractivity contribution in [2.75, 3.05) is 0 Å². The zero-order valence-corrected chi connectivity index (χ0v) is 10.7. The van der Waals surface area contributed by atoms with Gasteiger partial charge in [0.1, 0.15) is 0 Å². The van der Waals surface area contributed by atoms with Crippen LogP contribution in [-0.2, 0) is 0 Å². The van der Waals surface area contributed by atoms with Gasteiger partial charge in [-0.15, -0.1) is 0 Å². The van der Waals surface area contributed by atoms with Crippen LogP contribution in [0.15, 0.2) is 48.5 Å². The van der Waals surface area contributed by atoms with E-state index in [1.165, 1.54) is 16.7 Å². The molecule has 0 saturated heterocycles. The molecule has 0 bridgehead atoms. The molecule has 17 heavy (non-hydrogen) atoms. The first-order valence-electron chi connectivity index (χ1n) is 5.89. The minimum atomic E-state index is 0.384. The minimum Gasteiger partial charge on any atom is -0.0843 e. The van der Waals surface area contributed by atoms with Gasteiger partial charge in [-0.25, -0.2) is 0 Å². The molecule has 1 heteroatoms. The Morgan fingerprint density at radius 3 is 1.88 bits per heavy atom. The van der Waals surface area contributed by atoms with Crippen LogP contribution in [0.5, 0.6) is 0 Å². The van der Waals surface area contributed by atoms with Crippen molar-refractivity contribution in [1.82, 2.24) is 0 Å². The maximum Gasteiger partial charge on any atom is 0.0406 e. The van der Waals surface area contributed by atoms with Gasteiger partial charge in [-0.05, 0) is 48.1 Å². The van der Waals surface area contributed by atoms with Crippen molar-refractivity contribution in [3.8, 4) is 11.1 Å². The van der Waals surface area contributed by atoms with E-state index in [0.29, 0.717) is 5.92 Å². The second-order valence-electron chi connectivity index (χ2n) is 4.23. The van der Waals surface area contributed by atoms with E-state index < -0.39 is 0 Å². The molecule has 0 heterocycles. The van der Waals surface area contributed by atoms with Crippen LogP contribution >= 0.6 is 11.6 Å². The molecule has 87 valence electrons. The molecule has 0 aromatic heterocycles. The van der Waals surface area contributed by atoms with E-state index in [0.717, 1.165) is 11.4 Å². The molecule has 2 aromatic rings. The van der Waals surface area contributed by atoms with Crippen LogP contribution in [0, 0.1) is 6.92 Å². The average molecular weight is 244 g/mol. The first-order chi connectivity index (χ1) is 8.20. The number of rotatable bonds is 3. The van der Waals surface area contributed by atoms with Crippen LogP contribution in [0.2, 0.25) is 5.02 Å². The van der Waals surface area contributed by atoms with Crippen LogP contribution in [0.1, 0.15) is 24.8 Å². The first-order valence-corrected chi connectivity index (χ1v) is 6.27. The van der Waals surface area contributed by atoms with Gasteiger partial charge in [0.05, 0.1) is 0 Å². The smallest absolute Gasteiger partial charge is 0.0406 e. The maximum absolute atomic E-state index is 5.88. The van der Waals surface area contributed by atoms with E-state index in [4.69, 9.17) is 11.6 Å². The lowest BCUT2D eigenvalue weighted by atomic mass is 9.96. The summed E-state index contributed by atoms with van der Waals surface area (Å²) in [6, 6.07) is 16.5. The van der Waals surface area contributed by atoms with E-state index in [1.807, 2.05) is 24.3 Å². The van der Waals surface area contributed by atoms with Crippen LogP contribution in [0.25, 0.3) is 11.1 Å². The standard InChI is InChI=1S/C16H16Cl/c1-3-12(2)13-4-6-14(7-5-13)15-8-10-16(17)11-9-15/h4-12H,2-3H2,1H3. The summed E-state index contributed by atoms with van der Waals surface area (Å²) in [4.78, 5) is 0. The maximum atomic E-state index is 5.88. The van der Waals surface area contributed by atoms with Gasteiger partial charge < -0.3 is 0 Å². The van der Waals surface area contributed by atoms with Crippen molar-refractivity contribution in [1.29, 1.82) is 0 Å². The van der Waals surface area contributed by atoms with Crippen molar-refractivity contribution < 1.29 is 0 Å². The molecule has 2 aromatic carbocycles. The molecule has 0 aliphatic heterocycles. The predicted octanol–water partition coefficient (Wildman–Crippen LogP) is 5.33. The summed E-state index contributed by atoms with van der Waals surface area (Å²) in [5, 5.41) is 0.772. The number of hydrogen-bond acceptors (Lipinski definition) is 0. The largest absolute Gasteiger partial charge is 0.0843 e. The average Bonchev–Trinajstić information content (AvgIpc) is 2.39. The molecule has 0 saturated carbocycles. The predicted molar refractivity (Wildman–Crippen MR) is 75.3 cm³/mol. The topological polar surface area (TPSA) is 0 Å². The van der Waals surface area contributed by atoms with Crippen molar-refractivity contribution in [2.24, 2.45) is 0 Å². The van der Waals surface area contributed by atoms with Gasteiger partial charge in [-0.3, -0.25) is 0 Å². The van der Waals surface area contributed by atoms with Gasteiger partial charge in [-0.1, -0.05) is 54.9 Å². The molecule has 1 unspecified atom stereocenters. The van der Waals surface area contributed by atoms with Crippen LogP contribution < -0.4 is 0 Å². The first kappa shape index (κ1) is 12.2. The Morgan fingerprint density at radius 1 is 0.941 bits per heavy atom. The van der Waals surface area contributed by atoms with Crippen LogP contribution in [0.4, 0.5) is 0 Å². The SMILES string of the molecule is [CH2]C(CC)c1ccc(-c2ccc(Cl)cc2)cc1. The van der Waals surface area contributed by atoms with Crippen molar-refractivity contribution in [2.45, 2.75) is 19.3 Å². The molecule has 0 fully saturated rings. The summed E-state index contributed by atoms with van der Waals surface area (Å²) in [5.41, 5.74) is 3.71. The Labute approximate surface area is 108 Å². The summed E-state index contributed by atoms with van der Waals surface area (Å²) in [6.45, 7) is 6.28. The Morgan fingerprint density at radius 2 is 1.41 bits per heavy atom. The fourth-order valence-electron chi connectivity index (χ4n) is 1.83. The summed E-state index contributed by atoms with van der Waals surface area (Å²) >= 11 is 5.88. The summed E-state index contributed by atoms with van der Waals surface area (Å²) < 4.78 is 0. The van der Waals surface area contributed by atoms with Crippen molar-refractivity contribution >= 4 is 11.6 Å². The van der Waals surface area contributed by atoms with Gasteiger partial charge in [-0.2, -0.15) is 0 Å². The summed E-state index contributed by atoms with van der Waals surface area (Å²) in [5.74, 6) is 0.384. The monoisotopic (exact) mass is 243 g/mol. The molecule has 1 atom stereocenters. The van der Waals surface area contributed by atoms with Gasteiger partial charge in [0.25, 0.3) is 0 Å². The van der Waals surface area contributed by atoms with Gasteiger partial charge >= 0.3 is 0 Å². The van der Waals surface area contributed by atoms with Gasteiger partial charge in [0.15, 0.2) is 0 Å². The summed E-state index contributed by atoms with van der Waals surface area (Å²) in [7, 11) is 0. The van der Waals surface area contributed by atoms with E-state index in [-0.39, 0.29) is 0 Å². The van der Waals surface area contributed by atoms with Crippen molar-refractivity contribution in [3.05, 3.63) is 66.0 Å². The highest BCUT2D eigenvalue weighted by Crippen LogP contribution is 2.24. The molecule has 0 nitrogen and oxygen atoms in total. The second kappa shape index (κ2) is 5.37. The second-order valence-corrected chi connectivity index (χ2v) is 4.67. The molecule has 0 amide bonds. The molecule has 0 aliphatic carbocycles. The third-order valence-electron chi connectivity index (χ3n) is 3.05. The highest BCUT2D eigenvalue weighted by Gasteiger charge is 2.03. The number of benzene rings is 2. The lowest BCUT2D eigenvalue weighted by molar-refractivity contribution is 0.802. The fraction of sp³-hybridized carbons (Fsp3) is 0.188. The zero-order valence-electron chi connectivity index (χ0n) is 9.99. The Hall–Kier alpha value is -1.27. The number of hydrogen-bond donors (Lipinski definition) is 0. The molecule has 0 aliphatic rings. The van der Waals surface area contributed by atoms with E-state index >= 15 is 0 Å². The third-order valence-corrected chi connectivity index (χ3v) is 3.30. The lowest BCUT2D eigenvalue weighted by Gasteiger charge is -2.09. The highest BCUT2D eigenvalue weighted by atomic mass is 35.5. The van der Waals surface area contributed by atoms with E-state index in [1.54, 1.807) is 0 Å². The van der Waals surface area contributed by atoms with E-state index in [9.17, 15) is 0 Å². The van der Waals surface area contributed by atoms with Gasteiger partial charge in [0.2, 0.25) is 0 Å². The normalized spacial score (nSPS) is 12.4. The van der Waals surface area contributed by atoms with Crippen LogP contribution in [0.3, 0.4) is 0 Å². The Bertz CT molecular complexity index is 468. The molecule has 0 N–H and O–H groups in total. The molecular formula is C16H16Cl. The Balaban J connectivity index is 2.26. The number of halogens is 1. The molecule has 0 spiro atoms. The third kappa shape index (κ3) is 2.89. The van der Waals surface area contributed by atoms with Gasteiger partial charge in [0, 0.05) is 5.02 Å². The minimum absolute atomic E-state index is 0.384. The fourth-order valence-corrected chi connectivity index (χ4v) is 1.95. The lowest BCUT2D eigenvalue weighted by Crippen LogP contribution is -1.90. The Kier molecular flexibility index (Phi) is 3.86. The molecule has 2 rings (SSSR count). The summed E-state index contributed by atoms with van der Waals surface area (Å²) in [6.07, 6.45) is 1.07.